The summed E-state index contributed by atoms with van der Waals surface area (Å²) in [5.41, 5.74) is -1.64. The van der Waals surface area contributed by atoms with Crippen molar-refractivity contribution in [3.05, 3.63) is 23.3 Å². The second kappa shape index (κ2) is 5.77. The zero-order valence-electron chi connectivity index (χ0n) is 17.1. The van der Waals surface area contributed by atoms with E-state index in [1.54, 1.807) is 13.8 Å². The summed E-state index contributed by atoms with van der Waals surface area (Å²) in [4.78, 5) is 24.6. The van der Waals surface area contributed by atoms with Gasteiger partial charge in [0.15, 0.2) is 5.78 Å². The molecule has 4 aliphatic carbocycles. The van der Waals surface area contributed by atoms with Gasteiger partial charge in [-0.05, 0) is 24.5 Å². The Labute approximate surface area is 165 Å². The average molecular weight is 390 g/mol. The van der Waals surface area contributed by atoms with Crippen molar-refractivity contribution in [2.75, 3.05) is 6.61 Å². The molecular formula is C22H30O6. The van der Waals surface area contributed by atoms with Crippen LogP contribution in [0.25, 0.3) is 0 Å². The maximum Gasteiger partial charge on any atom is 0.303 e. The van der Waals surface area contributed by atoms with Crippen LogP contribution < -0.4 is 0 Å². The number of fused-ring (bicyclic) bond motifs is 5. The van der Waals surface area contributed by atoms with Gasteiger partial charge in [0.1, 0.15) is 5.60 Å². The summed E-state index contributed by atoms with van der Waals surface area (Å²) in [7, 11) is 0. The van der Waals surface area contributed by atoms with Gasteiger partial charge in [-0.15, -0.1) is 0 Å². The Morgan fingerprint density at radius 3 is 2.50 bits per heavy atom. The third-order valence-electron chi connectivity index (χ3n) is 8.23. The minimum atomic E-state index is -1.36. The molecule has 2 saturated carbocycles. The summed E-state index contributed by atoms with van der Waals surface area (Å²) in [5, 5.41) is 33.3. The number of carbonyl (C=O) groups is 2. The quantitative estimate of drug-likeness (QED) is 0.486. The molecule has 0 heterocycles. The number of ketones is 1. The fourth-order valence-corrected chi connectivity index (χ4v) is 6.84. The largest absolute Gasteiger partial charge is 0.456 e. The lowest BCUT2D eigenvalue weighted by atomic mass is 9.60. The van der Waals surface area contributed by atoms with Crippen molar-refractivity contribution in [3.63, 3.8) is 0 Å². The number of aliphatic hydroxyl groups is 3. The number of rotatable bonds is 2. The molecule has 0 radical (unpaired) electrons. The van der Waals surface area contributed by atoms with E-state index in [9.17, 15) is 24.9 Å². The highest BCUT2D eigenvalue weighted by Gasteiger charge is 2.86. The molecule has 0 saturated heterocycles. The first-order chi connectivity index (χ1) is 12.9. The molecule has 4 rings (SSSR count). The predicted octanol–water partition coefficient (Wildman–Crippen LogP) is 1.39. The Bertz CT molecular complexity index is 810. The molecule has 6 heteroatoms. The molecular weight excluding hydrogens is 360 g/mol. The number of esters is 1. The van der Waals surface area contributed by atoms with E-state index >= 15 is 0 Å². The van der Waals surface area contributed by atoms with Crippen molar-refractivity contribution < 1.29 is 29.6 Å². The molecule has 8 atom stereocenters. The monoisotopic (exact) mass is 390 g/mol. The lowest BCUT2D eigenvalue weighted by Crippen LogP contribution is -2.62. The number of carbonyl (C=O) groups excluding carboxylic acids is 2. The number of Topliss-reactive ketones (excluding diaryl/α,β-unsaturated/α-hetero) is 1. The van der Waals surface area contributed by atoms with Gasteiger partial charge in [0.05, 0.1) is 18.3 Å². The maximum atomic E-state index is 12.8. The second-order valence-corrected chi connectivity index (χ2v) is 9.77. The fourth-order valence-electron chi connectivity index (χ4n) is 6.84. The molecule has 0 aromatic rings. The molecule has 6 nitrogen and oxygen atoms in total. The van der Waals surface area contributed by atoms with Crippen LogP contribution in [0.5, 0.6) is 0 Å². The molecule has 4 aliphatic rings. The van der Waals surface area contributed by atoms with Crippen molar-refractivity contribution in [1.82, 2.24) is 0 Å². The van der Waals surface area contributed by atoms with Crippen LogP contribution in [0.1, 0.15) is 41.0 Å². The van der Waals surface area contributed by atoms with Gasteiger partial charge >= 0.3 is 5.97 Å². The van der Waals surface area contributed by atoms with Gasteiger partial charge in [-0.1, -0.05) is 32.9 Å². The van der Waals surface area contributed by atoms with Crippen molar-refractivity contribution in [1.29, 1.82) is 0 Å². The highest BCUT2D eigenvalue weighted by molar-refractivity contribution is 5.99. The maximum absolute atomic E-state index is 12.8. The van der Waals surface area contributed by atoms with Gasteiger partial charge in [0, 0.05) is 41.9 Å². The molecule has 0 amide bonds. The highest BCUT2D eigenvalue weighted by atomic mass is 16.6. The van der Waals surface area contributed by atoms with Gasteiger partial charge in [0.25, 0.3) is 0 Å². The van der Waals surface area contributed by atoms with E-state index in [2.05, 4.69) is 0 Å². The molecule has 0 bridgehead atoms. The van der Waals surface area contributed by atoms with E-state index in [4.69, 9.17) is 4.74 Å². The van der Waals surface area contributed by atoms with Gasteiger partial charge in [0.2, 0.25) is 0 Å². The van der Waals surface area contributed by atoms with Crippen LogP contribution >= 0.6 is 0 Å². The molecule has 0 spiro atoms. The van der Waals surface area contributed by atoms with Gasteiger partial charge in [-0.25, -0.2) is 0 Å². The number of hydrogen-bond donors (Lipinski definition) is 3. The van der Waals surface area contributed by atoms with Crippen LogP contribution in [0.3, 0.4) is 0 Å². The van der Waals surface area contributed by atoms with Gasteiger partial charge in [-0.3, -0.25) is 9.59 Å². The predicted molar refractivity (Wildman–Crippen MR) is 101 cm³/mol. The molecule has 0 aromatic heterocycles. The number of hydrogen-bond acceptors (Lipinski definition) is 6. The van der Waals surface area contributed by atoms with E-state index < -0.39 is 52.4 Å². The van der Waals surface area contributed by atoms with Crippen LogP contribution in [0.15, 0.2) is 23.3 Å². The smallest absolute Gasteiger partial charge is 0.303 e. The van der Waals surface area contributed by atoms with Crippen LogP contribution in [-0.4, -0.2) is 51.0 Å². The Morgan fingerprint density at radius 2 is 1.93 bits per heavy atom. The zero-order chi connectivity index (χ0) is 20.8. The molecule has 28 heavy (non-hydrogen) atoms. The van der Waals surface area contributed by atoms with Crippen LogP contribution in [0, 0.1) is 35.0 Å². The van der Waals surface area contributed by atoms with E-state index in [0.717, 1.165) is 5.57 Å². The first kappa shape index (κ1) is 19.8. The highest BCUT2D eigenvalue weighted by Crippen LogP contribution is 2.76. The second-order valence-electron chi connectivity index (χ2n) is 9.77. The van der Waals surface area contributed by atoms with Gasteiger partial charge in [-0.2, -0.15) is 0 Å². The summed E-state index contributed by atoms with van der Waals surface area (Å²) >= 11 is 0. The first-order valence-electron chi connectivity index (χ1n) is 10.1. The molecule has 2 fully saturated rings. The summed E-state index contributed by atoms with van der Waals surface area (Å²) < 4.78 is 5.73. The van der Waals surface area contributed by atoms with Gasteiger partial charge < -0.3 is 20.1 Å². The van der Waals surface area contributed by atoms with Crippen LogP contribution in [0.2, 0.25) is 0 Å². The number of aliphatic hydroxyl groups excluding tert-OH is 2. The SMILES string of the molecule is CC(=O)O[C@@]12[C@H](O)[C@@H](C)[C@]3(O)[C@@H]4C=C(C)C(=O)[C@@H]4CC(CO)=C[C@H]3[C@@H]1C2(C)C. The van der Waals surface area contributed by atoms with Crippen molar-refractivity contribution in [2.24, 2.45) is 35.0 Å². The third-order valence-corrected chi connectivity index (χ3v) is 8.23. The van der Waals surface area contributed by atoms with E-state index in [-0.39, 0.29) is 18.3 Å². The van der Waals surface area contributed by atoms with E-state index in [0.29, 0.717) is 12.0 Å². The van der Waals surface area contributed by atoms with Crippen LogP contribution in [-0.2, 0) is 14.3 Å². The standard InChI is InChI=1S/C22H30O6/c1-10-6-15-14(17(10)25)7-13(9-23)8-16-18-20(4,5)22(18,28-12(3)24)19(26)11(2)21(15,16)27/h6,8,11,14-16,18-19,23,26-27H,7,9H2,1-5H3/t11-,14-,15-,16+,18-,19-,21+,22-/m1/s1. The molecule has 3 N–H and O–H groups in total. The normalized spacial score (nSPS) is 48.5. The van der Waals surface area contributed by atoms with Crippen molar-refractivity contribution >= 4 is 11.8 Å². The Kier molecular flexibility index (Phi) is 4.08. The number of ether oxygens (including phenoxy) is 1. The first-order valence-corrected chi connectivity index (χ1v) is 10.1. The van der Waals surface area contributed by atoms with E-state index in [1.807, 2.05) is 26.0 Å². The minimum absolute atomic E-state index is 0.00741. The fraction of sp³-hybridized carbons (Fsp3) is 0.727. The molecule has 0 aliphatic heterocycles. The molecule has 0 aromatic carbocycles. The molecule has 154 valence electrons. The summed E-state index contributed by atoms with van der Waals surface area (Å²) in [6.07, 6.45) is 3.07. The lowest BCUT2D eigenvalue weighted by Gasteiger charge is -2.51. The van der Waals surface area contributed by atoms with E-state index in [1.165, 1.54) is 6.92 Å². The number of allylic oxidation sites excluding steroid dienone is 1. The average Bonchev–Trinajstić information content (AvgIpc) is 3.01. The Balaban J connectivity index is 1.90. The van der Waals surface area contributed by atoms with Crippen molar-refractivity contribution in [2.45, 2.75) is 58.3 Å². The topological polar surface area (TPSA) is 104 Å². The minimum Gasteiger partial charge on any atom is -0.456 e. The molecule has 0 unspecified atom stereocenters. The van der Waals surface area contributed by atoms with Crippen molar-refractivity contribution in [3.8, 4) is 0 Å². The Hall–Kier alpha value is -1.50. The zero-order valence-corrected chi connectivity index (χ0v) is 17.1. The third kappa shape index (κ3) is 2.09. The van der Waals surface area contributed by atoms with Crippen LogP contribution in [0.4, 0.5) is 0 Å². The Morgan fingerprint density at radius 1 is 1.29 bits per heavy atom. The lowest BCUT2D eigenvalue weighted by molar-refractivity contribution is -0.207. The summed E-state index contributed by atoms with van der Waals surface area (Å²) in [5.74, 6) is -2.71. The summed E-state index contributed by atoms with van der Waals surface area (Å²) in [6, 6.07) is 0. The summed E-state index contributed by atoms with van der Waals surface area (Å²) in [6.45, 7) is 8.56.